The number of hydrogen-bond donors (Lipinski definition) is 0. The lowest BCUT2D eigenvalue weighted by molar-refractivity contribution is -0.138. The molecule has 0 aromatic rings. The van der Waals surface area contributed by atoms with Crippen LogP contribution in [0, 0.1) is 5.92 Å². The summed E-state index contributed by atoms with van der Waals surface area (Å²) in [6, 6.07) is 0.418. The molecule has 3 fully saturated rings. The molecule has 1 aliphatic carbocycles. The molecule has 0 aromatic heterocycles. The highest BCUT2D eigenvalue weighted by Gasteiger charge is 2.27. The van der Waals surface area contributed by atoms with Crippen molar-refractivity contribution in [2.75, 3.05) is 72.6 Å². The molecule has 2 heterocycles. The molecule has 0 aromatic carbocycles. The van der Waals surface area contributed by atoms with Crippen LogP contribution < -0.4 is 0 Å². The average molecular weight is 381 g/mol. The van der Waals surface area contributed by atoms with E-state index in [4.69, 9.17) is 4.74 Å². The number of nitrogens with zero attached hydrogens (tertiary/aromatic N) is 4. The first-order chi connectivity index (χ1) is 13.0. The Hall–Kier alpha value is -1.18. The van der Waals surface area contributed by atoms with Gasteiger partial charge in [-0.2, -0.15) is 0 Å². The van der Waals surface area contributed by atoms with Crippen molar-refractivity contribution in [1.82, 2.24) is 19.6 Å². The summed E-state index contributed by atoms with van der Waals surface area (Å²) in [6.07, 6.45) is 4.75. The number of likely N-dealkylation sites (N-methyl/N-ethyl adjacent to an activating group) is 1. The standard InChI is InChI=1S/C20H36N4O3/c1-17-3-5-18(6-4-17)21(2)19(25)15-22-7-9-23(10-8-22)16-20(26)24-11-13-27-14-12-24/h17-18H,3-16H2,1-2H3. The van der Waals surface area contributed by atoms with Gasteiger partial charge in [-0.15, -0.1) is 0 Å². The Morgan fingerprint density at radius 1 is 0.889 bits per heavy atom. The van der Waals surface area contributed by atoms with E-state index in [0.717, 1.165) is 44.9 Å². The summed E-state index contributed by atoms with van der Waals surface area (Å²) in [5.41, 5.74) is 0. The van der Waals surface area contributed by atoms with Crippen LogP contribution in [0.25, 0.3) is 0 Å². The Morgan fingerprint density at radius 3 is 2.04 bits per heavy atom. The average Bonchev–Trinajstić information content (AvgIpc) is 2.70. The van der Waals surface area contributed by atoms with Crippen molar-refractivity contribution in [1.29, 1.82) is 0 Å². The maximum atomic E-state index is 12.7. The lowest BCUT2D eigenvalue weighted by Gasteiger charge is -2.38. The fourth-order valence-electron chi connectivity index (χ4n) is 4.35. The highest BCUT2D eigenvalue weighted by atomic mass is 16.5. The van der Waals surface area contributed by atoms with E-state index in [2.05, 4.69) is 16.7 Å². The second-order valence-electron chi connectivity index (χ2n) is 8.46. The third-order valence-electron chi connectivity index (χ3n) is 6.47. The molecular formula is C20H36N4O3. The Bertz CT molecular complexity index is 493. The van der Waals surface area contributed by atoms with Gasteiger partial charge in [-0.3, -0.25) is 19.4 Å². The molecule has 3 rings (SSSR count). The quantitative estimate of drug-likeness (QED) is 0.695. The molecule has 0 bridgehead atoms. The molecule has 0 spiro atoms. The number of hydrogen-bond acceptors (Lipinski definition) is 5. The molecule has 27 heavy (non-hydrogen) atoms. The van der Waals surface area contributed by atoms with Crippen LogP contribution in [0.1, 0.15) is 32.6 Å². The van der Waals surface area contributed by atoms with Gasteiger partial charge in [-0.05, 0) is 31.6 Å². The minimum absolute atomic E-state index is 0.203. The summed E-state index contributed by atoms with van der Waals surface area (Å²) in [5, 5.41) is 0. The topological polar surface area (TPSA) is 56.3 Å². The zero-order chi connectivity index (χ0) is 19.2. The van der Waals surface area contributed by atoms with Gasteiger partial charge in [0.05, 0.1) is 26.3 Å². The van der Waals surface area contributed by atoms with Gasteiger partial charge in [-0.1, -0.05) is 6.92 Å². The number of amides is 2. The molecule has 0 atom stereocenters. The van der Waals surface area contributed by atoms with E-state index in [-0.39, 0.29) is 11.8 Å². The van der Waals surface area contributed by atoms with Crippen LogP contribution in [0.2, 0.25) is 0 Å². The summed E-state index contributed by atoms with van der Waals surface area (Å²) in [5.74, 6) is 1.25. The van der Waals surface area contributed by atoms with E-state index in [9.17, 15) is 9.59 Å². The molecule has 2 saturated heterocycles. The van der Waals surface area contributed by atoms with E-state index in [0.29, 0.717) is 45.4 Å². The first kappa shape index (κ1) is 20.6. The van der Waals surface area contributed by atoms with Gasteiger partial charge >= 0.3 is 0 Å². The van der Waals surface area contributed by atoms with Crippen LogP contribution in [0.15, 0.2) is 0 Å². The summed E-state index contributed by atoms with van der Waals surface area (Å²) in [7, 11) is 1.97. The van der Waals surface area contributed by atoms with Gasteiger partial charge in [0.2, 0.25) is 11.8 Å². The number of carbonyl (C=O) groups is 2. The molecule has 7 nitrogen and oxygen atoms in total. The zero-order valence-electron chi connectivity index (χ0n) is 17.1. The van der Waals surface area contributed by atoms with E-state index < -0.39 is 0 Å². The van der Waals surface area contributed by atoms with Crippen molar-refractivity contribution < 1.29 is 14.3 Å². The maximum Gasteiger partial charge on any atom is 0.236 e. The third kappa shape index (κ3) is 5.90. The Kier molecular flexibility index (Phi) is 7.49. The van der Waals surface area contributed by atoms with E-state index in [1.54, 1.807) is 0 Å². The SMILES string of the molecule is CC1CCC(N(C)C(=O)CN2CCN(CC(=O)N3CCOCC3)CC2)CC1. The predicted molar refractivity (Wildman–Crippen MR) is 104 cm³/mol. The van der Waals surface area contributed by atoms with Gasteiger partial charge in [-0.25, -0.2) is 0 Å². The molecule has 1 saturated carbocycles. The number of carbonyl (C=O) groups excluding carboxylic acids is 2. The van der Waals surface area contributed by atoms with Crippen LogP contribution >= 0.6 is 0 Å². The van der Waals surface area contributed by atoms with Crippen molar-refractivity contribution in [3.8, 4) is 0 Å². The molecule has 3 aliphatic rings. The van der Waals surface area contributed by atoms with Crippen molar-refractivity contribution >= 4 is 11.8 Å². The van der Waals surface area contributed by atoms with Gasteiger partial charge in [0.1, 0.15) is 0 Å². The summed E-state index contributed by atoms with van der Waals surface area (Å²) >= 11 is 0. The molecule has 2 amide bonds. The highest BCUT2D eigenvalue weighted by Crippen LogP contribution is 2.26. The Balaban J connectivity index is 1.36. The second-order valence-corrected chi connectivity index (χ2v) is 8.46. The van der Waals surface area contributed by atoms with E-state index in [1.165, 1.54) is 12.8 Å². The van der Waals surface area contributed by atoms with Crippen LogP contribution in [0.5, 0.6) is 0 Å². The minimum atomic E-state index is 0.203. The molecule has 2 aliphatic heterocycles. The van der Waals surface area contributed by atoms with Gasteiger partial charge < -0.3 is 14.5 Å². The highest BCUT2D eigenvalue weighted by molar-refractivity contribution is 5.79. The normalized spacial score (nSPS) is 28.1. The fourth-order valence-corrected chi connectivity index (χ4v) is 4.35. The molecule has 7 heteroatoms. The van der Waals surface area contributed by atoms with Crippen LogP contribution in [0.4, 0.5) is 0 Å². The Morgan fingerprint density at radius 2 is 1.44 bits per heavy atom. The molecular weight excluding hydrogens is 344 g/mol. The van der Waals surface area contributed by atoms with Crippen molar-refractivity contribution in [2.45, 2.75) is 38.6 Å². The third-order valence-corrected chi connectivity index (χ3v) is 6.47. The predicted octanol–water partition coefficient (Wildman–Crippen LogP) is 0.500. The second kappa shape index (κ2) is 9.85. The molecule has 0 N–H and O–H groups in total. The molecule has 0 radical (unpaired) electrons. The number of rotatable bonds is 5. The smallest absolute Gasteiger partial charge is 0.236 e. The lowest BCUT2D eigenvalue weighted by Crippen LogP contribution is -2.53. The fraction of sp³-hybridized carbons (Fsp3) is 0.900. The monoisotopic (exact) mass is 380 g/mol. The number of ether oxygens (including phenoxy) is 1. The van der Waals surface area contributed by atoms with Crippen LogP contribution in [-0.2, 0) is 14.3 Å². The summed E-state index contributed by atoms with van der Waals surface area (Å²) < 4.78 is 5.31. The summed E-state index contributed by atoms with van der Waals surface area (Å²) in [4.78, 5) is 33.4. The van der Waals surface area contributed by atoms with Gasteiger partial charge in [0, 0.05) is 52.4 Å². The van der Waals surface area contributed by atoms with Crippen molar-refractivity contribution in [3.63, 3.8) is 0 Å². The van der Waals surface area contributed by atoms with E-state index >= 15 is 0 Å². The van der Waals surface area contributed by atoms with Crippen molar-refractivity contribution in [3.05, 3.63) is 0 Å². The largest absolute Gasteiger partial charge is 0.378 e. The van der Waals surface area contributed by atoms with Gasteiger partial charge in [0.15, 0.2) is 0 Å². The molecule has 154 valence electrons. The minimum Gasteiger partial charge on any atom is -0.378 e. The van der Waals surface area contributed by atoms with Crippen LogP contribution in [-0.4, -0.2) is 110 Å². The number of piperazine rings is 1. The van der Waals surface area contributed by atoms with E-state index in [1.807, 2.05) is 16.8 Å². The number of morpholine rings is 1. The molecule has 0 unspecified atom stereocenters. The van der Waals surface area contributed by atoms with Crippen LogP contribution in [0.3, 0.4) is 0 Å². The lowest BCUT2D eigenvalue weighted by atomic mass is 9.87. The first-order valence-corrected chi connectivity index (χ1v) is 10.6. The maximum absolute atomic E-state index is 12.7. The zero-order valence-corrected chi connectivity index (χ0v) is 17.1. The Labute approximate surface area is 163 Å². The van der Waals surface area contributed by atoms with Crippen molar-refractivity contribution in [2.24, 2.45) is 5.92 Å². The van der Waals surface area contributed by atoms with Gasteiger partial charge in [0.25, 0.3) is 0 Å². The first-order valence-electron chi connectivity index (χ1n) is 10.6. The summed E-state index contributed by atoms with van der Waals surface area (Å²) in [6.45, 7) is 9.44.